The number of hydrazone groups is 1. The van der Waals surface area contributed by atoms with Crippen molar-refractivity contribution in [2.45, 2.75) is 40.5 Å². The Balaban J connectivity index is 2.42. The van der Waals surface area contributed by atoms with E-state index >= 15 is 0 Å². The second-order valence-corrected chi connectivity index (χ2v) is 20.5. The molecule has 22 heavy (non-hydrogen) atoms. The van der Waals surface area contributed by atoms with E-state index in [9.17, 15) is 0 Å². The third kappa shape index (κ3) is 3.76. The van der Waals surface area contributed by atoms with Crippen LogP contribution in [0.4, 0.5) is 5.69 Å². The molecule has 5 nitrogen and oxygen atoms in total. The zero-order valence-electron chi connectivity index (χ0n) is 13.8. The maximum absolute atomic E-state index is 6.27. The number of nitrogen functional groups attached to an aromatic ring is 1. The van der Waals surface area contributed by atoms with Gasteiger partial charge < -0.3 is 0 Å². The van der Waals surface area contributed by atoms with Crippen LogP contribution in [-0.4, -0.2) is 27.7 Å². The summed E-state index contributed by atoms with van der Waals surface area (Å²) >= 11 is -2.50. The molecule has 0 fully saturated rings. The van der Waals surface area contributed by atoms with Crippen molar-refractivity contribution in [2.24, 2.45) is 16.8 Å². The molecule has 1 aliphatic rings. The number of hydrogen-bond acceptors (Lipinski definition) is 4. The zero-order valence-corrected chi connectivity index (χ0v) is 16.6. The van der Waals surface area contributed by atoms with Gasteiger partial charge in [-0.3, -0.25) is 0 Å². The van der Waals surface area contributed by atoms with E-state index in [2.05, 4.69) is 32.1 Å². The van der Waals surface area contributed by atoms with E-state index in [-0.39, 0.29) is 0 Å². The van der Waals surface area contributed by atoms with Crippen molar-refractivity contribution < 1.29 is 0 Å². The molecule has 120 valence electrons. The molecular weight excluding hydrogens is 381 g/mol. The number of nitrogens with zero attached hydrogens (tertiary/aromatic N) is 2. The maximum atomic E-state index is 6.27. The molecule has 6 N–H and O–H groups in total. The van der Waals surface area contributed by atoms with Gasteiger partial charge in [-0.2, -0.15) is 0 Å². The molecule has 0 spiro atoms. The topological polar surface area (TPSA) is 93.7 Å². The predicted molar refractivity (Wildman–Crippen MR) is 97.4 cm³/mol. The van der Waals surface area contributed by atoms with Gasteiger partial charge in [-0.15, -0.1) is 0 Å². The van der Waals surface area contributed by atoms with E-state index in [0.717, 1.165) is 29.7 Å². The van der Waals surface area contributed by atoms with Gasteiger partial charge in [0.05, 0.1) is 0 Å². The normalized spacial score (nSPS) is 16.4. The molecule has 0 radical (unpaired) electrons. The first-order chi connectivity index (χ1) is 10.3. The molecule has 0 heterocycles. The molecule has 0 saturated carbocycles. The SMILES string of the molecule is [CH3][Sn]([CH3])([CH3])[N](N)/C(=N\N)c1ccc(N)c(C2=CCCCC2)c1. The summed E-state index contributed by atoms with van der Waals surface area (Å²) in [4.78, 5) is 6.67. The fourth-order valence-corrected chi connectivity index (χ4v) is 5.00. The van der Waals surface area contributed by atoms with Crippen molar-refractivity contribution in [2.75, 3.05) is 5.73 Å². The van der Waals surface area contributed by atoms with Crippen LogP contribution < -0.4 is 17.4 Å². The number of rotatable bonds is 3. The standard InChI is InChI=1S/C13H18N5.3CH3.Sn/c14-12-7-6-10(13(17-15)18-16)8-11(12)9-4-2-1-3-5-9;;;;/h4,6-8H,1-3,5,14-16H2;3*1H3;/q-1;;;;+1. The molecule has 0 atom stereocenters. The molecule has 1 aromatic carbocycles. The van der Waals surface area contributed by atoms with Gasteiger partial charge in [0, 0.05) is 0 Å². The van der Waals surface area contributed by atoms with Crippen LogP contribution in [0.25, 0.3) is 5.57 Å². The molecule has 0 aliphatic heterocycles. The summed E-state index contributed by atoms with van der Waals surface area (Å²) in [5, 5.41) is 3.95. The van der Waals surface area contributed by atoms with Crippen LogP contribution in [0.1, 0.15) is 36.8 Å². The Bertz CT molecular complexity index is 601. The summed E-state index contributed by atoms with van der Waals surface area (Å²) < 4.78 is 1.80. The first-order valence-electron chi connectivity index (χ1n) is 7.76. The zero-order chi connectivity index (χ0) is 16.3. The van der Waals surface area contributed by atoms with Gasteiger partial charge in [-0.1, -0.05) is 0 Å². The van der Waals surface area contributed by atoms with E-state index in [4.69, 9.17) is 17.4 Å². The number of nitrogens with two attached hydrogens (primary N) is 3. The van der Waals surface area contributed by atoms with Gasteiger partial charge in [0.15, 0.2) is 0 Å². The Morgan fingerprint density at radius 2 is 1.95 bits per heavy atom. The third-order valence-corrected chi connectivity index (χ3v) is 8.75. The van der Waals surface area contributed by atoms with E-state index in [1.165, 1.54) is 18.4 Å². The summed E-state index contributed by atoms with van der Waals surface area (Å²) in [5.74, 6) is 12.6. The molecule has 0 bridgehead atoms. The Labute approximate surface area is 137 Å². The van der Waals surface area contributed by atoms with Crippen molar-refractivity contribution in [1.29, 1.82) is 0 Å². The van der Waals surface area contributed by atoms with Gasteiger partial charge >= 0.3 is 137 Å². The van der Waals surface area contributed by atoms with Crippen LogP contribution in [0, 0.1) is 0 Å². The van der Waals surface area contributed by atoms with E-state index < -0.39 is 18.7 Å². The van der Waals surface area contributed by atoms with Crippen molar-refractivity contribution in [1.82, 2.24) is 3.23 Å². The van der Waals surface area contributed by atoms with Crippen LogP contribution in [0.15, 0.2) is 29.4 Å². The summed E-state index contributed by atoms with van der Waals surface area (Å²) in [5.41, 5.74) is 10.3. The average Bonchev–Trinajstić information content (AvgIpc) is 2.49. The van der Waals surface area contributed by atoms with E-state index in [1.807, 2.05) is 12.1 Å². The van der Waals surface area contributed by atoms with Crippen LogP contribution >= 0.6 is 0 Å². The number of amidine groups is 1. The Morgan fingerprint density at radius 3 is 2.50 bits per heavy atom. The van der Waals surface area contributed by atoms with E-state index in [0.29, 0.717) is 5.84 Å². The fraction of sp³-hybridized carbons (Fsp3) is 0.438. The van der Waals surface area contributed by atoms with Gasteiger partial charge in [0.2, 0.25) is 0 Å². The minimum atomic E-state index is -2.50. The van der Waals surface area contributed by atoms with Gasteiger partial charge in [-0.25, -0.2) is 0 Å². The van der Waals surface area contributed by atoms with Crippen molar-refractivity contribution in [3.63, 3.8) is 0 Å². The molecule has 1 aromatic rings. The number of allylic oxidation sites excluding steroid dienone is 2. The summed E-state index contributed by atoms with van der Waals surface area (Å²) in [6.45, 7) is 0. The van der Waals surface area contributed by atoms with Crippen molar-refractivity contribution in [3.05, 3.63) is 35.4 Å². The first-order valence-corrected chi connectivity index (χ1v) is 17.6. The molecule has 0 amide bonds. The molecule has 0 saturated heterocycles. The summed E-state index contributed by atoms with van der Waals surface area (Å²) in [7, 11) is 0. The summed E-state index contributed by atoms with van der Waals surface area (Å²) in [6.07, 6.45) is 6.97. The number of anilines is 1. The average molecular weight is 408 g/mol. The Hall–Kier alpha value is -1.21. The van der Waals surface area contributed by atoms with Crippen LogP contribution in [0.2, 0.25) is 14.8 Å². The minimum absolute atomic E-state index is 0.654. The Morgan fingerprint density at radius 1 is 1.23 bits per heavy atom. The van der Waals surface area contributed by atoms with Gasteiger partial charge in [0.1, 0.15) is 0 Å². The van der Waals surface area contributed by atoms with Gasteiger partial charge in [0.25, 0.3) is 0 Å². The van der Waals surface area contributed by atoms with Crippen molar-refractivity contribution >= 4 is 35.7 Å². The second kappa shape index (κ2) is 6.91. The molecule has 0 aromatic heterocycles. The summed E-state index contributed by atoms with van der Waals surface area (Å²) in [6, 6.07) is 5.96. The molecular formula is C16H27N5Sn. The monoisotopic (exact) mass is 409 g/mol. The predicted octanol–water partition coefficient (Wildman–Crippen LogP) is 2.86. The van der Waals surface area contributed by atoms with Crippen LogP contribution in [0.5, 0.6) is 0 Å². The molecule has 1 aliphatic carbocycles. The number of benzene rings is 1. The molecule has 6 heteroatoms. The Kier molecular flexibility index (Phi) is 5.39. The number of hydrogen-bond donors (Lipinski definition) is 3. The second-order valence-electron chi connectivity index (χ2n) is 6.77. The van der Waals surface area contributed by atoms with E-state index in [1.54, 1.807) is 3.23 Å². The third-order valence-electron chi connectivity index (χ3n) is 4.02. The number of hydrazine groups is 1. The van der Waals surface area contributed by atoms with Gasteiger partial charge in [-0.05, 0) is 0 Å². The van der Waals surface area contributed by atoms with Crippen LogP contribution in [-0.2, 0) is 0 Å². The molecule has 0 unspecified atom stereocenters. The van der Waals surface area contributed by atoms with Crippen molar-refractivity contribution in [3.8, 4) is 0 Å². The fourth-order valence-electron chi connectivity index (χ4n) is 2.65. The van der Waals surface area contributed by atoms with Crippen LogP contribution in [0.3, 0.4) is 0 Å². The quantitative estimate of drug-likeness (QED) is 0.179. The first kappa shape index (κ1) is 17.1. The molecule has 2 rings (SSSR count).